The van der Waals surface area contributed by atoms with Crippen molar-refractivity contribution < 1.29 is 13.2 Å². The van der Waals surface area contributed by atoms with E-state index in [1.807, 2.05) is 31.2 Å². The molecule has 0 atom stereocenters. The second-order valence-corrected chi connectivity index (χ2v) is 9.00. The van der Waals surface area contributed by atoms with Crippen LogP contribution in [0.15, 0.2) is 57.9 Å². The highest BCUT2D eigenvalue weighted by Gasteiger charge is 2.30. The Morgan fingerprint density at radius 1 is 1.04 bits per heavy atom. The van der Waals surface area contributed by atoms with Crippen LogP contribution in [-0.4, -0.2) is 49.8 Å². The summed E-state index contributed by atoms with van der Waals surface area (Å²) < 4.78 is 27.6. The number of anilines is 1. The van der Waals surface area contributed by atoms with Gasteiger partial charge in [0, 0.05) is 36.3 Å². The molecule has 1 aliphatic heterocycles. The number of carbonyl (C=O) groups excluding carboxylic acids is 1. The molecule has 0 unspecified atom stereocenters. The molecule has 0 saturated carbocycles. The Morgan fingerprint density at radius 3 is 2.31 bits per heavy atom. The Bertz CT molecular complexity index is 892. The van der Waals surface area contributed by atoms with E-state index in [0.717, 1.165) is 15.7 Å². The number of aryl methyl sites for hydroxylation is 1. The SMILES string of the molecule is Cc1ccc(NC(=O)N2CCN(S(=O)(=O)c3cccc(Br)c3)CC2)cc1. The van der Waals surface area contributed by atoms with E-state index in [1.54, 1.807) is 29.2 Å². The van der Waals surface area contributed by atoms with Gasteiger partial charge < -0.3 is 10.2 Å². The van der Waals surface area contributed by atoms with Crippen LogP contribution < -0.4 is 5.32 Å². The molecule has 2 aromatic carbocycles. The number of hydrogen-bond donors (Lipinski definition) is 1. The van der Waals surface area contributed by atoms with Gasteiger partial charge in [0.1, 0.15) is 0 Å². The van der Waals surface area contributed by atoms with E-state index in [-0.39, 0.29) is 24.0 Å². The van der Waals surface area contributed by atoms with Crippen molar-refractivity contribution in [1.29, 1.82) is 0 Å². The predicted octanol–water partition coefficient (Wildman–Crippen LogP) is 3.30. The van der Waals surface area contributed by atoms with Crippen LogP contribution in [0.4, 0.5) is 10.5 Å². The number of halogens is 1. The van der Waals surface area contributed by atoms with Gasteiger partial charge in [0.15, 0.2) is 0 Å². The topological polar surface area (TPSA) is 69.7 Å². The van der Waals surface area contributed by atoms with Crippen LogP contribution in [0.3, 0.4) is 0 Å². The van der Waals surface area contributed by atoms with Crippen molar-refractivity contribution in [3.8, 4) is 0 Å². The number of amides is 2. The zero-order valence-electron chi connectivity index (χ0n) is 14.4. The standard InChI is InChI=1S/C18H20BrN3O3S/c1-14-5-7-16(8-6-14)20-18(23)21-9-11-22(12-10-21)26(24,25)17-4-2-3-15(19)13-17/h2-8,13H,9-12H2,1H3,(H,20,23). The summed E-state index contributed by atoms with van der Waals surface area (Å²) in [7, 11) is -3.55. The first kappa shape index (κ1) is 18.9. The van der Waals surface area contributed by atoms with Gasteiger partial charge in [-0.15, -0.1) is 0 Å². The van der Waals surface area contributed by atoms with Crippen LogP contribution in [0.5, 0.6) is 0 Å². The molecule has 1 saturated heterocycles. The van der Waals surface area contributed by atoms with Gasteiger partial charge in [0.05, 0.1) is 4.90 Å². The van der Waals surface area contributed by atoms with E-state index in [1.165, 1.54) is 4.31 Å². The summed E-state index contributed by atoms with van der Waals surface area (Å²) in [6.07, 6.45) is 0. The smallest absolute Gasteiger partial charge is 0.321 e. The first-order valence-electron chi connectivity index (χ1n) is 8.24. The van der Waals surface area contributed by atoms with Crippen molar-refractivity contribution in [2.45, 2.75) is 11.8 Å². The molecule has 138 valence electrons. The molecular weight excluding hydrogens is 418 g/mol. The van der Waals surface area contributed by atoms with Crippen molar-refractivity contribution in [1.82, 2.24) is 9.21 Å². The van der Waals surface area contributed by atoms with Gasteiger partial charge in [-0.3, -0.25) is 0 Å². The minimum atomic E-state index is -3.55. The third-order valence-corrected chi connectivity index (χ3v) is 6.65. The highest BCUT2D eigenvalue weighted by atomic mass is 79.9. The molecule has 0 aliphatic carbocycles. The molecule has 0 bridgehead atoms. The third kappa shape index (κ3) is 4.25. The van der Waals surface area contributed by atoms with Crippen molar-refractivity contribution in [2.24, 2.45) is 0 Å². The van der Waals surface area contributed by atoms with Crippen molar-refractivity contribution >= 4 is 37.7 Å². The predicted molar refractivity (Wildman–Crippen MR) is 105 cm³/mol. The summed E-state index contributed by atoms with van der Waals surface area (Å²) in [6, 6.07) is 14.0. The quantitative estimate of drug-likeness (QED) is 0.800. The molecule has 2 amide bonds. The number of nitrogens with zero attached hydrogens (tertiary/aromatic N) is 2. The average Bonchev–Trinajstić information content (AvgIpc) is 2.64. The molecule has 0 radical (unpaired) electrons. The number of piperazine rings is 1. The molecule has 1 aliphatic rings. The summed E-state index contributed by atoms with van der Waals surface area (Å²) in [5.74, 6) is 0. The minimum absolute atomic E-state index is 0.214. The summed E-state index contributed by atoms with van der Waals surface area (Å²) in [5.41, 5.74) is 1.85. The highest BCUT2D eigenvalue weighted by molar-refractivity contribution is 9.10. The molecule has 6 nitrogen and oxygen atoms in total. The molecular formula is C18H20BrN3O3S. The average molecular weight is 438 g/mol. The normalized spacial score (nSPS) is 15.7. The Hall–Kier alpha value is -1.90. The summed E-state index contributed by atoms with van der Waals surface area (Å²) in [5, 5.41) is 2.84. The van der Waals surface area contributed by atoms with E-state index >= 15 is 0 Å². The van der Waals surface area contributed by atoms with E-state index in [4.69, 9.17) is 0 Å². The maximum Gasteiger partial charge on any atom is 0.321 e. The fourth-order valence-electron chi connectivity index (χ4n) is 2.75. The van der Waals surface area contributed by atoms with Crippen LogP contribution in [-0.2, 0) is 10.0 Å². The first-order chi connectivity index (χ1) is 12.4. The summed E-state index contributed by atoms with van der Waals surface area (Å²) >= 11 is 3.30. The number of rotatable bonds is 3. The zero-order valence-corrected chi connectivity index (χ0v) is 16.8. The molecule has 8 heteroatoms. The fraction of sp³-hybridized carbons (Fsp3) is 0.278. The molecule has 1 fully saturated rings. The van der Waals surface area contributed by atoms with Gasteiger partial charge in [0.2, 0.25) is 10.0 Å². The number of sulfonamides is 1. The molecule has 0 spiro atoms. The second kappa shape index (κ2) is 7.77. The van der Waals surface area contributed by atoms with E-state index in [2.05, 4.69) is 21.2 Å². The number of carbonyl (C=O) groups is 1. The largest absolute Gasteiger partial charge is 0.322 e. The van der Waals surface area contributed by atoms with E-state index in [9.17, 15) is 13.2 Å². The van der Waals surface area contributed by atoms with Gasteiger partial charge in [-0.1, -0.05) is 39.7 Å². The second-order valence-electron chi connectivity index (χ2n) is 6.14. The lowest BCUT2D eigenvalue weighted by molar-refractivity contribution is 0.184. The number of hydrogen-bond acceptors (Lipinski definition) is 3. The van der Waals surface area contributed by atoms with Crippen LogP contribution in [0.1, 0.15) is 5.56 Å². The summed E-state index contributed by atoms with van der Waals surface area (Å²) in [6.45, 7) is 3.23. The lowest BCUT2D eigenvalue weighted by Gasteiger charge is -2.34. The third-order valence-electron chi connectivity index (χ3n) is 4.26. The number of nitrogens with one attached hydrogen (secondary N) is 1. The Balaban J connectivity index is 1.61. The van der Waals surface area contributed by atoms with Gasteiger partial charge in [-0.05, 0) is 37.3 Å². The molecule has 26 heavy (non-hydrogen) atoms. The van der Waals surface area contributed by atoms with Crippen molar-refractivity contribution in [3.63, 3.8) is 0 Å². The van der Waals surface area contributed by atoms with Gasteiger partial charge in [-0.25, -0.2) is 13.2 Å². The minimum Gasteiger partial charge on any atom is -0.322 e. The Kier molecular flexibility index (Phi) is 5.64. The maximum absolute atomic E-state index is 12.7. The molecule has 2 aromatic rings. The molecule has 1 heterocycles. The fourth-order valence-corrected chi connectivity index (χ4v) is 4.77. The van der Waals surface area contributed by atoms with Crippen LogP contribution in [0.2, 0.25) is 0 Å². The Morgan fingerprint density at radius 2 is 1.69 bits per heavy atom. The van der Waals surface area contributed by atoms with E-state index in [0.29, 0.717) is 13.1 Å². The molecule has 0 aromatic heterocycles. The zero-order chi connectivity index (χ0) is 18.7. The van der Waals surface area contributed by atoms with E-state index < -0.39 is 10.0 Å². The van der Waals surface area contributed by atoms with Crippen molar-refractivity contribution in [2.75, 3.05) is 31.5 Å². The van der Waals surface area contributed by atoms with Crippen LogP contribution in [0.25, 0.3) is 0 Å². The lowest BCUT2D eigenvalue weighted by atomic mass is 10.2. The molecule has 1 N–H and O–H groups in total. The highest BCUT2D eigenvalue weighted by Crippen LogP contribution is 2.21. The molecule has 3 rings (SSSR count). The van der Waals surface area contributed by atoms with Gasteiger partial charge >= 0.3 is 6.03 Å². The van der Waals surface area contributed by atoms with Gasteiger partial charge in [0.25, 0.3) is 0 Å². The monoisotopic (exact) mass is 437 g/mol. The number of urea groups is 1. The Labute approximate surface area is 162 Å². The maximum atomic E-state index is 12.7. The number of benzene rings is 2. The summed E-state index contributed by atoms with van der Waals surface area (Å²) in [4.78, 5) is 14.2. The van der Waals surface area contributed by atoms with Crippen LogP contribution >= 0.6 is 15.9 Å². The van der Waals surface area contributed by atoms with Gasteiger partial charge in [-0.2, -0.15) is 4.31 Å². The lowest BCUT2D eigenvalue weighted by Crippen LogP contribution is -2.51. The van der Waals surface area contributed by atoms with Crippen LogP contribution in [0, 0.1) is 6.92 Å². The van der Waals surface area contributed by atoms with Crippen molar-refractivity contribution in [3.05, 3.63) is 58.6 Å². The first-order valence-corrected chi connectivity index (χ1v) is 10.5.